The molecule has 2 aromatic carbocycles. The van der Waals surface area contributed by atoms with E-state index >= 15 is 0 Å². The summed E-state index contributed by atoms with van der Waals surface area (Å²) < 4.78 is 11.4. The summed E-state index contributed by atoms with van der Waals surface area (Å²) in [5.74, 6) is 0.649. The summed E-state index contributed by atoms with van der Waals surface area (Å²) in [6.45, 7) is 4.50. The van der Waals surface area contributed by atoms with Gasteiger partial charge in [-0.2, -0.15) is 0 Å². The predicted molar refractivity (Wildman–Crippen MR) is 113 cm³/mol. The maximum atomic E-state index is 11.6. The van der Waals surface area contributed by atoms with E-state index in [1.807, 2.05) is 62.4 Å². The van der Waals surface area contributed by atoms with Crippen LogP contribution in [-0.2, 0) is 13.0 Å². The second kappa shape index (κ2) is 9.24. The molecular weight excluding hydrogens is 366 g/mol. The second-order valence-corrected chi connectivity index (χ2v) is 7.23. The Morgan fingerprint density at radius 1 is 1.07 bits per heavy atom. The number of rotatable bonds is 8. The Balaban J connectivity index is 1.99. The highest BCUT2D eigenvalue weighted by molar-refractivity contribution is 5.89. The zero-order chi connectivity index (χ0) is 20.8. The molecule has 3 rings (SSSR count). The van der Waals surface area contributed by atoms with E-state index in [4.69, 9.17) is 9.47 Å². The Bertz CT molecular complexity index is 983. The van der Waals surface area contributed by atoms with E-state index in [1.54, 1.807) is 19.2 Å². The minimum atomic E-state index is -0.963. The van der Waals surface area contributed by atoms with Gasteiger partial charge in [-0.3, -0.25) is 4.98 Å². The van der Waals surface area contributed by atoms with Gasteiger partial charge in [0.05, 0.1) is 24.1 Å². The highest BCUT2D eigenvalue weighted by atomic mass is 16.5. The van der Waals surface area contributed by atoms with Crippen LogP contribution < -0.4 is 9.47 Å². The topological polar surface area (TPSA) is 68.7 Å². The summed E-state index contributed by atoms with van der Waals surface area (Å²) in [6.07, 6.45) is 0.589. The average molecular weight is 391 g/mol. The molecule has 0 radical (unpaired) electrons. The fourth-order valence-corrected chi connectivity index (χ4v) is 3.08. The van der Waals surface area contributed by atoms with Crippen molar-refractivity contribution in [1.82, 2.24) is 4.98 Å². The Kier molecular flexibility index (Phi) is 6.50. The fourth-order valence-electron chi connectivity index (χ4n) is 3.08. The summed E-state index contributed by atoms with van der Waals surface area (Å²) in [6, 6.07) is 18.8. The molecule has 0 aliphatic rings. The average Bonchev–Trinajstić information content (AvgIpc) is 2.72. The number of carboxylic acids is 1. The minimum Gasteiger partial charge on any atom is -0.497 e. The lowest BCUT2D eigenvalue weighted by molar-refractivity contribution is 0.0695. The molecule has 1 aromatic heterocycles. The molecule has 150 valence electrons. The smallest absolute Gasteiger partial charge is 0.337 e. The molecule has 0 fully saturated rings. The van der Waals surface area contributed by atoms with E-state index in [0.29, 0.717) is 41.8 Å². The summed E-state index contributed by atoms with van der Waals surface area (Å²) in [4.78, 5) is 16.3. The third-order valence-electron chi connectivity index (χ3n) is 4.51. The van der Waals surface area contributed by atoms with Crippen molar-refractivity contribution in [3.8, 4) is 22.8 Å². The first-order valence-corrected chi connectivity index (χ1v) is 9.56. The molecule has 0 atom stereocenters. The molecule has 0 spiro atoms. The number of hydrogen-bond acceptors (Lipinski definition) is 4. The molecule has 0 aliphatic heterocycles. The molecule has 0 amide bonds. The molecule has 5 nitrogen and oxygen atoms in total. The molecule has 5 heteroatoms. The lowest BCUT2D eigenvalue weighted by Crippen LogP contribution is -2.08. The van der Waals surface area contributed by atoms with E-state index in [-0.39, 0.29) is 5.56 Å². The van der Waals surface area contributed by atoms with Crippen molar-refractivity contribution in [2.45, 2.75) is 26.9 Å². The van der Waals surface area contributed by atoms with Gasteiger partial charge in [-0.15, -0.1) is 0 Å². The zero-order valence-electron chi connectivity index (χ0n) is 16.9. The maximum Gasteiger partial charge on any atom is 0.337 e. The third kappa shape index (κ3) is 5.13. The van der Waals surface area contributed by atoms with Crippen LogP contribution in [0.25, 0.3) is 11.3 Å². The van der Waals surface area contributed by atoms with Gasteiger partial charge >= 0.3 is 5.97 Å². The molecule has 29 heavy (non-hydrogen) atoms. The van der Waals surface area contributed by atoms with Crippen molar-refractivity contribution in [2.24, 2.45) is 5.92 Å². The molecule has 0 saturated carbocycles. The Labute approximate surface area is 171 Å². The van der Waals surface area contributed by atoms with Gasteiger partial charge in [0.25, 0.3) is 0 Å². The van der Waals surface area contributed by atoms with E-state index < -0.39 is 5.97 Å². The van der Waals surface area contributed by atoms with Crippen molar-refractivity contribution in [3.63, 3.8) is 0 Å². The van der Waals surface area contributed by atoms with Crippen molar-refractivity contribution in [3.05, 3.63) is 77.5 Å². The van der Waals surface area contributed by atoms with Crippen molar-refractivity contribution >= 4 is 5.97 Å². The lowest BCUT2D eigenvalue weighted by Gasteiger charge is -2.15. The number of methoxy groups -OCH3 is 1. The van der Waals surface area contributed by atoms with Gasteiger partial charge in [0.15, 0.2) is 0 Å². The quantitative estimate of drug-likeness (QED) is 0.569. The van der Waals surface area contributed by atoms with Crippen LogP contribution in [0.3, 0.4) is 0 Å². The van der Waals surface area contributed by atoms with Gasteiger partial charge in [-0.05, 0) is 42.2 Å². The predicted octanol–water partition coefficient (Wildman–Crippen LogP) is 5.23. The van der Waals surface area contributed by atoms with Crippen LogP contribution in [0.1, 0.15) is 35.5 Å². The van der Waals surface area contributed by atoms with Crippen LogP contribution in [0.5, 0.6) is 11.5 Å². The summed E-state index contributed by atoms with van der Waals surface area (Å²) in [7, 11) is 1.61. The van der Waals surface area contributed by atoms with Crippen LogP contribution in [-0.4, -0.2) is 23.2 Å². The highest BCUT2D eigenvalue weighted by Crippen LogP contribution is 2.34. The van der Waals surface area contributed by atoms with Crippen LogP contribution in [0.15, 0.2) is 60.7 Å². The SMILES string of the molecule is COc1ccc(-c2ccc(C(=O)O)c(CC(C)C)n2)c(OCc2ccccc2)c1. The first-order chi connectivity index (χ1) is 14.0. The summed E-state index contributed by atoms with van der Waals surface area (Å²) >= 11 is 0. The molecular formula is C24H25NO4. The molecule has 0 bridgehead atoms. The maximum absolute atomic E-state index is 11.6. The number of carbonyl (C=O) groups is 1. The number of aromatic carboxylic acids is 1. The first kappa shape index (κ1) is 20.4. The van der Waals surface area contributed by atoms with E-state index in [0.717, 1.165) is 11.1 Å². The fraction of sp³-hybridized carbons (Fsp3) is 0.250. The van der Waals surface area contributed by atoms with Crippen LogP contribution in [0, 0.1) is 5.92 Å². The number of aromatic nitrogens is 1. The molecule has 3 aromatic rings. The normalized spacial score (nSPS) is 10.8. The number of benzene rings is 2. The van der Waals surface area contributed by atoms with Crippen LogP contribution in [0.2, 0.25) is 0 Å². The number of hydrogen-bond donors (Lipinski definition) is 1. The van der Waals surface area contributed by atoms with Gasteiger partial charge in [0.2, 0.25) is 0 Å². The van der Waals surface area contributed by atoms with E-state index in [2.05, 4.69) is 4.98 Å². The summed E-state index contributed by atoms with van der Waals surface area (Å²) in [5, 5.41) is 9.49. The molecule has 0 unspecified atom stereocenters. The molecule has 1 heterocycles. The lowest BCUT2D eigenvalue weighted by atomic mass is 10.0. The van der Waals surface area contributed by atoms with Crippen LogP contribution >= 0.6 is 0 Å². The Morgan fingerprint density at radius 2 is 1.83 bits per heavy atom. The van der Waals surface area contributed by atoms with Gasteiger partial charge in [0, 0.05) is 11.6 Å². The van der Waals surface area contributed by atoms with Crippen molar-refractivity contribution in [1.29, 1.82) is 0 Å². The van der Waals surface area contributed by atoms with E-state index in [9.17, 15) is 9.90 Å². The standard InChI is InChI=1S/C24H25NO4/c1-16(2)13-22-20(24(26)27)11-12-21(25-22)19-10-9-18(28-3)14-23(19)29-15-17-7-5-4-6-8-17/h4-12,14,16H,13,15H2,1-3H3,(H,26,27). The monoisotopic (exact) mass is 391 g/mol. The highest BCUT2D eigenvalue weighted by Gasteiger charge is 2.17. The van der Waals surface area contributed by atoms with Crippen molar-refractivity contribution < 1.29 is 19.4 Å². The largest absolute Gasteiger partial charge is 0.497 e. The van der Waals surface area contributed by atoms with E-state index in [1.165, 1.54) is 0 Å². The molecule has 1 N–H and O–H groups in total. The summed E-state index contributed by atoms with van der Waals surface area (Å²) in [5.41, 5.74) is 3.34. The number of pyridine rings is 1. The number of ether oxygens (including phenoxy) is 2. The molecule has 0 aliphatic carbocycles. The Hall–Kier alpha value is -3.34. The van der Waals surface area contributed by atoms with Gasteiger partial charge in [0.1, 0.15) is 18.1 Å². The first-order valence-electron chi connectivity index (χ1n) is 9.56. The zero-order valence-corrected chi connectivity index (χ0v) is 16.9. The van der Waals surface area contributed by atoms with Gasteiger partial charge in [-0.1, -0.05) is 44.2 Å². The number of nitrogens with zero attached hydrogens (tertiary/aromatic N) is 1. The van der Waals surface area contributed by atoms with Gasteiger partial charge in [-0.25, -0.2) is 4.79 Å². The minimum absolute atomic E-state index is 0.239. The second-order valence-electron chi connectivity index (χ2n) is 7.23. The van der Waals surface area contributed by atoms with Gasteiger partial charge < -0.3 is 14.6 Å². The third-order valence-corrected chi connectivity index (χ3v) is 4.51. The Morgan fingerprint density at radius 3 is 2.48 bits per heavy atom. The van der Waals surface area contributed by atoms with Crippen LogP contribution in [0.4, 0.5) is 0 Å². The number of carboxylic acid groups (broad SMARTS) is 1. The molecule has 0 saturated heterocycles. The van der Waals surface area contributed by atoms with Crippen molar-refractivity contribution in [2.75, 3.05) is 7.11 Å².